The molecule has 0 amide bonds. The van der Waals surface area contributed by atoms with Gasteiger partial charge in [0.2, 0.25) is 11.6 Å². The molecule has 4 aromatic rings. The largest absolute Gasteiger partial charge is 0.493 e. The van der Waals surface area contributed by atoms with Crippen molar-refractivity contribution in [3.63, 3.8) is 0 Å². The van der Waals surface area contributed by atoms with E-state index in [1.165, 1.54) is 35.5 Å². The molecule has 0 N–H and O–H groups in total. The summed E-state index contributed by atoms with van der Waals surface area (Å²) in [4.78, 5) is 17.7. The van der Waals surface area contributed by atoms with Crippen molar-refractivity contribution in [3.05, 3.63) is 65.9 Å². The Morgan fingerprint density at radius 2 is 1.29 bits per heavy atom. The Hall–Kier alpha value is -4.66. The van der Waals surface area contributed by atoms with E-state index in [1.807, 2.05) is 30.3 Å². The highest BCUT2D eigenvalue weighted by Gasteiger charge is 2.26. The van der Waals surface area contributed by atoms with Gasteiger partial charge in [0, 0.05) is 16.3 Å². The molecule has 0 radical (unpaired) electrons. The first-order chi connectivity index (χ1) is 18.5. The standard InChI is InChI=1S/C29H29NO8/c1-32-21-14-19-20(15-22(21)33-2)28(38-16-17-10-8-7-9-11-17)30-26(29(31)37-6)25(19)18-12-23(34-3)27(36-5)24(13-18)35-4/h7-15H,16H2,1-6H3. The van der Waals surface area contributed by atoms with Crippen molar-refractivity contribution in [2.45, 2.75) is 6.61 Å². The highest BCUT2D eigenvalue weighted by atomic mass is 16.5. The monoisotopic (exact) mass is 519 g/mol. The van der Waals surface area contributed by atoms with Gasteiger partial charge in [0.15, 0.2) is 28.7 Å². The SMILES string of the molecule is COC(=O)c1nc(OCc2ccccc2)c2cc(OC)c(OC)cc2c1-c1cc(OC)c(OC)c(OC)c1. The highest BCUT2D eigenvalue weighted by Crippen LogP contribution is 2.46. The van der Waals surface area contributed by atoms with Crippen molar-refractivity contribution in [1.29, 1.82) is 0 Å². The maximum absolute atomic E-state index is 13.1. The average molecular weight is 520 g/mol. The van der Waals surface area contributed by atoms with Crippen LogP contribution in [-0.2, 0) is 11.3 Å². The van der Waals surface area contributed by atoms with Gasteiger partial charge in [0.05, 0.1) is 42.7 Å². The van der Waals surface area contributed by atoms with Crippen LogP contribution >= 0.6 is 0 Å². The maximum Gasteiger partial charge on any atom is 0.357 e. The van der Waals surface area contributed by atoms with E-state index in [2.05, 4.69) is 4.98 Å². The van der Waals surface area contributed by atoms with Crippen molar-refractivity contribution in [2.24, 2.45) is 0 Å². The summed E-state index contributed by atoms with van der Waals surface area (Å²) in [6, 6.07) is 16.7. The Bertz CT molecular complexity index is 1430. The molecular weight excluding hydrogens is 490 g/mol. The molecule has 0 fully saturated rings. The fraction of sp³-hybridized carbons (Fsp3) is 0.241. The Balaban J connectivity index is 2.06. The van der Waals surface area contributed by atoms with Gasteiger partial charge in [-0.25, -0.2) is 9.78 Å². The number of rotatable bonds is 10. The summed E-state index contributed by atoms with van der Waals surface area (Å²) in [5.74, 6) is 1.78. The van der Waals surface area contributed by atoms with E-state index in [0.717, 1.165) is 5.56 Å². The molecular formula is C29H29NO8. The molecule has 1 aromatic heterocycles. The van der Waals surface area contributed by atoms with E-state index < -0.39 is 5.97 Å². The Kier molecular flexibility index (Phi) is 8.06. The maximum atomic E-state index is 13.1. The van der Waals surface area contributed by atoms with Crippen LogP contribution in [0.4, 0.5) is 0 Å². The molecule has 0 bridgehead atoms. The number of nitrogens with zero attached hydrogens (tertiary/aromatic N) is 1. The number of aromatic nitrogens is 1. The zero-order chi connectivity index (χ0) is 27.2. The highest BCUT2D eigenvalue weighted by molar-refractivity contribution is 6.09. The Morgan fingerprint density at radius 1 is 0.711 bits per heavy atom. The number of methoxy groups -OCH3 is 6. The third kappa shape index (κ3) is 4.95. The molecule has 9 nitrogen and oxygen atoms in total. The van der Waals surface area contributed by atoms with Gasteiger partial charge in [-0.2, -0.15) is 0 Å². The molecule has 198 valence electrons. The van der Waals surface area contributed by atoms with Crippen molar-refractivity contribution < 1.29 is 38.0 Å². The summed E-state index contributed by atoms with van der Waals surface area (Å²) in [7, 11) is 8.95. The van der Waals surface area contributed by atoms with Crippen LogP contribution in [-0.4, -0.2) is 53.6 Å². The first-order valence-corrected chi connectivity index (χ1v) is 11.6. The number of ether oxygens (including phenoxy) is 7. The molecule has 0 saturated heterocycles. The van der Waals surface area contributed by atoms with Gasteiger partial charge in [-0.3, -0.25) is 0 Å². The zero-order valence-corrected chi connectivity index (χ0v) is 22.1. The van der Waals surface area contributed by atoms with Crippen molar-refractivity contribution >= 4 is 16.7 Å². The summed E-state index contributed by atoms with van der Waals surface area (Å²) in [5.41, 5.74) is 2.04. The first kappa shape index (κ1) is 26.4. The third-order valence-corrected chi connectivity index (χ3v) is 6.02. The van der Waals surface area contributed by atoms with Crippen LogP contribution in [0.3, 0.4) is 0 Å². The van der Waals surface area contributed by atoms with Gasteiger partial charge in [-0.1, -0.05) is 30.3 Å². The fourth-order valence-electron chi connectivity index (χ4n) is 4.21. The second-order valence-electron chi connectivity index (χ2n) is 8.07. The van der Waals surface area contributed by atoms with Gasteiger partial charge < -0.3 is 33.2 Å². The minimum atomic E-state index is -0.644. The Labute approximate surface area is 220 Å². The number of hydrogen-bond acceptors (Lipinski definition) is 9. The molecule has 0 saturated carbocycles. The summed E-state index contributed by atoms with van der Waals surface area (Å²) >= 11 is 0. The molecule has 4 rings (SSSR count). The minimum absolute atomic E-state index is 0.0459. The predicted octanol–water partition coefficient (Wildman–Crippen LogP) is 5.31. The zero-order valence-electron chi connectivity index (χ0n) is 22.1. The van der Waals surface area contributed by atoms with E-state index in [-0.39, 0.29) is 18.2 Å². The lowest BCUT2D eigenvalue weighted by atomic mass is 9.95. The van der Waals surface area contributed by atoms with Crippen LogP contribution in [0.5, 0.6) is 34.6 Å². The van der Waals surface area contributed by atoms with Crippen LogP contribution in [0.2, 0.25) is 0 Å². The summed E-state index contributed by atoms with van der Waals surface area (Å²) in [6.45, 7) is 0.238. The molecule has 1 heterocycles. The van der Waals surface area contributed by atoms with E-state index in [1.54, 1.807) is 31.4 Å². The van der Waals surface area contributed by atoms with E-state index in [0.29, 0.717) is 50.6 Å². The molecule has 38 heavy (non-hydrogen) atoms. The van der Waals surface area contributed by atoms with Crippen molar-refractivity contribution in [1.82, 2.24) is 4.98 Å². The normalized spacial score (nSPS) is 10.6. The first-order valence-electron chi connectivity index (χ1n) is 11.6. The molecule has 9 heteroatoms. The molecule has 0 unspecified atom stereocenters. The molecule has 0 atom stereocenters. The van der Waals surface area contributed by atoms with Gasteiger partial charge in [-0.05, 0) is 35.4 Å². The number of pyridine rings is 1. The second-order valence-corrected chi connectivity index (χ2v) is 8.07. The molecule has 0 aliphatic carbocycles. The van der Waals surface area contributed by atoms with Crippen molar-refractivity contribution in [2.75, 3.05) is 42.7 Å². The van der Waals surface area contributed by atoms with E-state index >= 15 is 0 Å². The number of benzene rings is 3. The van der Waals surface area contributed by atoms with E-state index in [4.69, 9.17) is 33.2 Å². The second kappa shape index (κ2) is 11.6. The van der Waals surface area contributed by atoms with Crippen LogP contribution in [0.1, 0.15) is 16.1 Å². The van der Waals surface area contributed by atoms with Crippen LogP contribution in [0.15, 0.2) is 54.6 Å². The lowest BCUT2D eigenvalue weighted by molar-refractivity contribution is 0.0594. The molecule has 0 aliphatic heterocycles. The number of hydrogen-bond donors (Lipinski definition) is 0. The van der Waals surface area contributed by atoms with E-state index in [9.17, 15) is 4.79 Å². The molecule has 0 aliphatic rings. The average Bonchev–Trinajstić information content (AvgIpc) is 2.97. The summed E-state index contributed by atoms with van der Waals surface area (Å²) < 4.78 is 39.0. The fourth-order valence-corrected chi connectivity index (χ4v) is 4.21. The Morgan fingerprint density at radius 3 is 1.82 bits per heavy atom. The van der Waals surface area contributed by atoms with Gasteiger partial charge >= 0.3 is 5.97 Å². The lowest BCUT2D eigenvalue weighted by Gasteiger charge is -2.19. The molecule has 3 aromatic carbocycles. The molecule has 0 spiro atoms. The number of esters is 1. The van der Waals surface area contributed by atoms with Gasteiger partial charge in [0.1, 0.15) is 6.61 Å². The van der Waals surface area contributed by atoms with Crippen LogP contribution in [0, 0.1) is 0 Å². The van der Waals surface area contributed by atoms with Gasteiger partial charge in [-0.15, -0.1) is 0 Å². The van der Waals surface area contributed by atoms with Crippen LogP contribution < -0.4 is 28.4 Å². The lowest BCUT2D eigenvalue weighted by Crippen LogP contribution is -2.10. The number of carbonyl (C=O) groups is 1. The van der Waals surface area contributed by atoms with Crippen molar-refractivity contribution in [3.8, 4) is 45.8 Å². The summed E-state index contributed by atoms with van der Waals surface area (Å²) in [5, 5.41) is 1.23. The summed E-state index contributed by atoms with van der Waals surface area (Å²) in [6.07, 6.45) is 0. The smallest absolute Gasteiger partial charge is 0.357 e. The quantitative estimate of drug-likeness (QED) is 0.258. The van der Waals surface area contributed by atoms with Gasteiger partial charge in [0.25, 0.3) is 0 Å². The topological polar surface area (TPSA) is 94.6 Å². The number of carbonyl (C=O) groups excluding carboxylic acids is 1. The minimum Gasteiger partial charge on any atom is -0.493 e. The predicted molar refractivity (Wildman–Crippen MR) is 142 cm³/mol. The van der Waals surface area contributed by atoms with Crippen LogP contribution in [0.25, 0.3) is 21.9 Å². The number of fused-ring (bicyclic) bond motifs is 1. The third-order valence-electron chi connectivity index (χ3n) is 6.02.